The molecule has 0 aromatic heterocycles. The van der Waals surface area contributed by atoms with Gasteiger partial charge in [-0.1, -0.05) is 12.1 Å². The molecule has 1 atom stereocenters. The third kappa shape index (κ3) is 5.59. The van der Waals surface area contributed by atoms with Crippen molar-refractivity contribution in [3.8, 4) is 5.75 Å². The third-order valence-electron chi connectivity index (χ3n) is 3.12. The van der Waals surface area contributed by atoms with Gasteiger partial charge in [-0.25, -0.2) is 0 Å². The normalized spacial score (nSPS) is 12.2. The van der Waals surface area contributed by atoms with Crippen molar-refractivity contribution >= 4 is 5.91 Å². The summed E-state index contributed by atoms with van der Waals surface area (Å²) in [4.78, 5) is 12.9. The number of nitrogens with zero attached hydrogens (tertiary/aromatic N) is 1. The van der Waals surface area contributed by atoms with E-state index in [2.05, 4.69) is 41.8 Å². The lowest BCUT2D eigenvalue weighted by Gasteiger charge is -2.25. The van der Waals surface area contributed by atoms with E-state index >= 15 is 0 Å². The first-order chi connectivity index (χ1) is 9.54. The number of likely N-dealkylation sites (N-methyl/N-ethyl adjacent to an activating group) is 1. The first-order valence-electron chi connectivity index (χ1n) is 6.80. The number of hydrogen-bond donors (Lipinski definition) is 2. The molecule has 5 nitrogen and oxygen atoms in total. The van der Waals surface area contributed by atoms with Crippen molar-refractivity contribution in [2.75, 3.05) is 40.8 Å². The minimum absolute atomic E-state index is 0.00348. The molecule has 0 fully saturated rings. The summed E-state index contributed by atoms with van der Waals surface area (Å²) in [6, 6.07) is 8.37. The van der Waals surface area contributed by atoms with Crippen LogP contribution in [0.3, 0.4) is 0 Å². The summed E-state index contributed by atoms with van der Waals surface area (Å²) in [5.74, 6) is 0.872. The molecule has 0 heterocycles. The minimum atomic E-state index is 0.00348. The van der Waals surface area contributed by atoms with Crippen molar-refractivity contribution in [2.24, 2.45) is 0 Å². The van der Waals surface area contributed by atoms with Crippen LogP contribution >= 0.6 is 0 Å². The van der Waals surface area contributed by atoms with Crippen molar-refractivity contribution in [2.45, 2.75) is 13.0 Å². The quantitative estimate of drug-likeness (QED) is 0.698. The Balaban J connectivity index is 2.53. The number of rotatable bonds is 8. The standard InChI is InChI=1S/C15H25N3O2/c1-12(19)17-9-8-16-11-15(18(2)3)13-6-5-7-14(10-13)20-4/h5-7,10,15-16H,8-9,11H2,1-4H3,(H,17,19). The zero-order valence-electron chi connectivity index (χ0n) is 12.8. The zero-order chi connectivity index (χ0) is 15.0. The van der Waals surface area contributed by atoms with Crippen LogP contribution < -0.4 is 15.4 Å². The highest BCUT2D eigenvalue weighted by atomic mass is 16.5. The molecule has 20 heavy (non-hydrogen) atoms. The summed E-state index contributed by atoms with van der Waals surface area (Å²) < 4.78 is 5.27. The van der Waals surface area contributed by atoms with E-state index in [0.29, 0.717) is 6.54 Å². The lowest BCUT2D eigenvalue weighted by atomic mass is 10.1. The summed E-state index contributed by atoms with van der Waals surface area (Å²) in [6.07, 6.45) is 0. The van der Waals surface area contributed by atoms with Crippen molar-refractivity contribution in [3.63, 3.8) is 0 Å². The maximum absolute atomic E-state index is 10.8. The molecule has 0 aliphatic heterocycles. The second-order valence-corrected chi connectivity index (χ2v) is 4.94. The number of carbonyl (C=O) groups is 1. The number of hydrogen-bond acceptors (Lipinski definition) is 4. The smallest absolute Gasteiger partial charge is 0.216 e. The summed E-state index contributed by atoms with van der Waals surface area (Å²) in [7, 11) is 5.79. The SMILES string of the molecule is COc1cccc(C(CNCCNC(C)=O)N(C)C)c1. The van der Waals surface area contributed by atoms with Gasteiger partial charge >= 0.3 is 0 Å². The fourth-order valence-corrected chi connectivity index (χ4v) is 2.01. The van der Waals surface area contributed by atoms with Crippen LogP contribution in [0.15, 0.2) is 24.3 Å². The molecular formula is C15H25N3O2. The fourth-order valence-electron chi connectivity index (χ4n) is 2.01. The van der Waals surface area contributed by atoms with E-state index < -0.39 is 0 Å². The van der Waals surface area contributed by atoms with E-state index in [9.17, 15) is 4.79 Å². The van der Waals surface area contributed by atoms with Gasteiger partial charge in [0.05, 0.1) is 7.11 Å². The number of carbonyl (C=O) groups excluding carboxylic acids is 1. The maximum atomic E-state index is 10.8. The Kier molecular flexibility index (Phi) is 7.04. The van der Waals surface area contributed by atoms with Crippen LogP contribution in [0.1, 0.15) is 18.5 Å². The highest BCUT2D eigenvalue weighted by molar-refractivity contribution is 5.72. The van der Waals surface area contributed by atoms with Crippen LogP contribution in [0, 0.1) is 0 Å². The molecule has 1 unspecified atom stereocenters. The molecule has 2 N–H and O–H groups in total. The summed E-state index contributed by atoms with van der Waals surface area (Å²) in [5.41, 5.74) is 1.21. The monoisotopic (exact) mass is 279 g/mol. The highest BCUT2D eigenvalue weighted by Crippen LogP contribution is 2.21. The van der Waals surface area contributed by atoms with Crippen LogP contribution in [0.5, 0.6) is 5.75 Å². The number of benzene rings is 1. The van der Waals surface area contributed by atoms with Crippen molar-refractivity contribution < 1.29 is 9.53 Å². The second-order valence-electron chi connectivity index (χ2n) is 4.94. The predicted molar refractivity (Wildman–Crippen MR) is 81.0 cm³/mol. The van der Waals surface area contributed by atoms with Crippen LogP contribution in [0.2, 0.25) is 0 Å². The Bertz CT molecular complexity index is 421. The van der Waals surface area contributed by atoms with Gasteiger partial charge in [-0.3, -0.25) is 4.79 Å². The minimum Gasteiger partial charge on any atom is -0.497 e. The number of nitrogens with one attached hydrogen (secondary N) is 2. The van der Waals surface area contributed by atoms with Gasteiger partial charge in [0.2, 0.25) is 5.91 Å². The van der Waals surface area contributed by atoms with E-state index in [1.807, 2.05) is 12.1 Å². The molecule has 5 heteroatoms. The average Bonchev–Trinajstić information content (AvgIpc) is 2.42. The van der Waals surface area contributed by atoms with Gasteiger partial charge in [-0.15, -0.1) is 0 Å². The van der Waals surface area contributed by atoms with Crippen molar-refractivity contribution in [3.05, 3.63) is 29.8 Å². The van der Waals surface area contributed by atoms with Crippen molar-refractivity contribution in [1.29, 1.82) is 0 Å². The molecule has 0 aliphatic carbocycles. The second kappa shape index (κ2) is 8.55. The molecular weight excluding hydrogens is 254 g/mol. The summed E-state index contributed by atoms with van der Waals surface area (Å²) >= 11 is 0. The number of methoxy groups -OCH3 is 1. The molecule has 1 amide bonds. The maximum Gasteiger partial charge on any atom is 0.216 e. The zero-order valence-corrected chi connectivity index (χ0v) is 12.8. The Morgan fingerprint density at radius 1 is 1.35 bits per heavy atom. The molecule has 0 saturated heterocycles. The first kappa shape index (κ1) is 16.5. The van der Waals surface area contributed by atoms with Gasteiger partial charge in [0.25, 0.3) is 0 Å². The first-order valence-corrected chi connectivity index (χ1v) is 6.80. The Hall–Kier alpha value is -1.59. The molecule has 0 bridgehead atoms. The number of amides is 1. The molecule has 112 valence electrons. The largest absolute Gasteiger partial charge is 0.497 e. The Labute approximate surface area is 121 Å². The van der Waals surface area contributed by atoms with Crippen molar-refractivity contribution in [1.82, 2.24) is 15.5 Å². The van der Waals surface area contributed by atoms with E-state index in [4.69, 9.17) is 4.74 Å². The van der Waals surface area contributed by atoms with E-state index in [1.165, 1.54) is 12.5 Å². The Morgan fingerprint density at radius 3 is 2.70 bits per heavy atom. The summed E-state index contributed by atoms with van der Waals surface area (Å²) in [6.45, 7) is 3.75. The topological polar surface area (TPSA) is 53.6 Å². The van der Waals surface area contributed by atoms with E-state index in [0.717, 1.165) is 18.8 Å². The van der Waals surface area contributed by atoms with Gasteiger partial charge in [0, 0.05) is 32.6 Å². The predicted octanol–water partition coefficient (Wildman–Crippen LogP) is 1.02. The van der Waals surface area contributed by atoms with Crippen LogP contribution in [0.4, 0.5) is 0 Å². The van der Waals surface area contributed by atoms with Crippen LogP contribution in [-0.2, 0) is 4.79 Å². The van der Waals surface area contributed by atoms with E-state index in [-0.39, 0.29) is 11.9 Å². The van der Waals surface area contributed by atoms with Gasteiger partial charge in [-0.05, 0) is 31.8 Å². The van der Waals surface area contributed by atoms with Gasteiger partial charge in [0.1, 0.15) is 5.75 Å². The van der Waals surface area contributed by atoms with E-state index in [1.54, 1.807) is 7.11 Å². The molecule has 0 saturated carbocycles. The van der Waals surface area contributed by atoms with Gasteiger partial charge in [0.15, 0.2) is 0 Å². The molecule has 0 radical (unpaired) electrons. The molecule has 1 aromatic rings. The third-order valence-corrected chi connectivity index (χ3v) is 3.12. The molecule has 1 aromatic carbocycles. The lowest BCUT2D eigenvalue weighted by molar-refractivity contribution is -0.118. The summed E-state index contributed by atoms with van der Waals surface area (Å²) in [5, 5.41) is 6.13. The highest BCUT2D eigenvalue weighted by Gasteiger charge is 2.14. The van der Waals surface area contributed by atoms with Crippen LogP contribution in [0.25, 0.3) is 0 Å². The fraction of sp³-hybridized carbons (Fsp3) is 0.533. The molecule has 0 aliphatic rings. The lowest BCUT2D eigenvalue weighted by Crippen LogP contribution is -2.35. The molecule has 0 spiro atoms. The van der Waals surface area contributed by atoms with Crippen LogP contribution in [-0.4, -0.2) is 51.6 Å². The van der Waals surface area contributed by atoms with Gasteiger partial charge in [-0.2, -0.15) is 0 Å². The van der Waals surface area contributed by atoms with Gasteiger partial charge < -0.3 is 20.3 Å². The number of ether oxygens (including phenoxy) is 1. The molecule has 1 rings (SSSR count). The average molecular weight is 279 g/mol. The Morgan fingerprint density at radius 2 is 2.10 bits per heavy atom.